The first-order valence-electron chi connectivity index (χ1n) is 6.44. The van der Waals surface area contributed by atoms with E-state index in [4.69, 9.17) is 44.3 Å². The molecule has 0 N–H and O–H groups in total. The summed E-state index contributed by atoms with van der Waals surface area (Å²) in [6, 6.07) is 3.50. The lowest BCUT2D eigenvalue weighted by Gasteiger charge is -2.20. The Balaban J connectivity index is 2.22. The molecule has 1 aliphatic rings. The predicted molar refractivity (Wildman–Crippen MR) is 79.8 cm³/mol. The standard InChI is InChI=1S/C14H17Cl3O2/c1-3-18-13-7-10(15)9(6-11(13)16)14(17)12-5-4-8(2)19-12/h6-8,12,14H,3-5H2,1-2H3. The lowest BCUT2D eigenvalue weighted by atomic mass is 10.0. The van der Waals surface area contributed by atoms with E-state index in [-0.39, 0.29) is 17.6 Å². The van der Waals surface area contributed by atoms with E-state index >= 15 is 0 Å². The molecule has 2 rings (SSSR count). The SMILES string of the molecule is CCOc1cc(Cl)c(C(Cl)C2CCC(C)O2)cc1Cl. The van der Waals surface area contributed by atoms with Crippen LogP contribution in [-0.2, 0) is 4.74 Å². The molecule has 106 valence electrons. The highest BCUT2D eigenvalue weighted by Crippen LogP contribution is 2.41. The van der Waals surface area contributed by atoms with Crippen molar-refractivity contribution in [3.63, 3.8) is 0 Å². The molecule has 0 radical (unpaired) electrons. The number of halogens is 3. The maximum absolute atomic E-state index is 6.48. The van der Waals surface area contributed by atoms with E-state index < -0.39 is 0 Å². The molecule has 3 unspecified atom stereocenters. The number of ether oxygens (including phenoxy) is 2. The minimum absolute atomic E-state index is 0.0109. The Kier molecular flexibility index (Phi) is 5.24. The molecule has 0 saturated carbocycles. The maximum atomic E-state index is 6.48. The van der Waals surface area contributed by atoms with E-state index in [1.807, 2.05) is 6.92 Å². The van der Waals surface area contributed by atoms with Crippen molar-refractivity contribution in [1.82, 2.24) is 0 Å². The minimum atomic E-state index is -0.286. The van der Waals surface area contributed by atoms with Crippen LogP contribution in [0.25, 0.3) is 0 Å². The van der Waals surface area contributed by atoms with Gasteiger partial charge in [0.15, 0.2) is 0 Å². The summed E-state index contributed by atoms with van der Waals surface area (Å²) < 4.78 is 11.2. The van der Waals surface area contributed by atoms with E-state index in [1.54, 1.807) is 12.1 Å². The van der Waals surface area contributed by atoms with Crippen LogP contribution in [0, 0.1) is 0 Å². The zero-order chi connectivity index (χ0) is 14.0. The number of hydrogen-bond acceptors (Lipinski definition) is 2. The van der Waals surface area contributed by atoms with E-state index in [1.165, 1.54) is 0 Å². The van der Waals surface area contributed by atoms with Gasteiger partial charge in [-0.15, -0.1) is 11.6 Å². The van der Waals surface area contributed by atoms with Crippen LogP contribution in [0.15, 0.2) is 12.1 Å². The molecule has 2 nitrogen and oxygen atoms in total. The monoisotopic (exact) mass is 322 g/mol. The normalized spacial score (nSPS) is 24.5. The molecule has 0 spiro atoms. The Morgan fingerprint density at radius 3 is 2.63 bits per heavy atom. The molecule has 5 heteroatoms. The first-order chi connectivity index (χ1) is 9.02. The predicted octanol–water partition coefficient (Wildman–Crippen LogP) is 5.24. The number of hydrogen-bond donors (Lipinski definition) is 0. The quantitative estimate of drug-likeness (QED) is 0.705. The highest BCUT2D eigenvalue weighted by molar-refractivity contribution is 6.35. The van der Waals surface area contributed by atoms with Crippen molar-refractivity contribution in [2.45, 2.75) is 44.3 Å². The molecule has 0 aliphatic carbocycles. The fourth-order valence-electron chi connectivity index (χ4n) is 2.27. The van der Waals surface area contributed by atoms with Gasteiger partial charge in [-0.25, -0.2) is 0 Å². The fraction of sp³-hybridized carbons (Fsp3) is 0.571. The molecule has 1 fully saturated rings. The van der Waals surface area contributed by atoms with Gasteiger partial charge in [0.05, 0.1) is 29.2 Å². The first-order valence-corrected chi connectivity index (χ1v) is 7.63. The fourth-order valence-corrected chi connectivity index (χ4v) is 3.19. The molecule has 1 aliphatic heterocycles. The molecular formula is C14H17Cl3O2. The third kappa shape index (κ3) is 3.49. The summed E-state index contributed by atoms with van der Waals surface area (Å²) in [6.07, 6.45) is 2.21. The molecule has 1 aromatic carbocycles. The highest BCUT2D eigenvalue weighted by Gasteiger charge is 2.31. The number of alkyl halides is 1. The summed E-state index contributed by atoms with van der Waals surface area (Å²) in [5, 5.41) is 0.805. The van der Waals surface area contributed by atoms with E-state index in [2.05, 4.69) is 6.92 Å². The largest absolute Gasteiger partial charge is 0.492 e. The second-order valence-electron chi connectivity index (χ2n) is 4.70. The Labute approximate surface area is 128 Å². The summed E-state index contributed by atoms with van der Waals surface area (Å²) in [5.74, 6) is 0.586. The van der Waals surface area contributed by atoms with Gasteiger partial charge in [-0.05, 0) is 38.3 Å². The van der Waals surface area contributed by atoms with Crippen LogP contribution in [0.1, 0.15) is 37.6 Å². The van der Waals surface area contributed by atoms with Crippen molar-refractivity contribution < 1.29 is 9.47 Å². The molecule has 1 heterocycles. The zero-order valence-electron chi connectivity index (χ0n) is 11.0. The van der Waals surface area contributed by atoms with E-state index in [0.29, 0.717) is 22.4 Å². The van der Waals surface area contributed by atoms with Crippen molar-refractivity contribution in [3.05, 3.63) is 27.7 Å². The van der Waals surface area contributed by atoms with Gasteiger partial charge in [0.1, 0.15) is 5.75 Å². The molecule has 1 aromatic rings. The minimum Gasteiger partial charge on any atom is -0.492 e. The van der Waals surface area contributed by atoms with Crippen LogP contribution in [0.5, 0.6) is 5.75 Å². The third-order valence-corrected chi connectivity index (χ3v) is 4.38. The van der Waals surface area contributed by atoms with Crippen LogP contribution in [-0.4, -0.2) is 18.8 Å². The molecule has 1 saturated heterocycles. The lowest BCUT2D eigenvalue weighted by Crippen LogP contribution is -2.15. The Hall–Kier alpha value is -0.150. The van der Waals surface area contributed by atoms with Gasteiger partial charge in [-0.3, -0.25) is 0 Å². The Morgan fingerprint density at radius 1 is 1.32 bits per heavy atom. The first kappa shape index (κ1) is 15.2. The summed E-state index contributed by atoms with van der Waals surface area (Å²) in [7, 11) is 0. The molecule has 0 amide bonds. The second-order valence-corrected chi connectivity index (χ2v) is 5.99. The average Bonchev–Trinajstić information content (AvgIpc) is 2.79. The summed E-state index contributed by atoms with van der Waals surface area (Å²) in [6.45, 7) is 4.50. The van der Waals surface area contributed by atoms with Crippen molar-refractivity contribution in [3.8, 4) is 5.75 Å². The smallest absolute Gasteiger partial charge is 0.139 e. The third-order valence-electron chi connectivity index (χ3n) is 3.24. The van der Waals surface area contributed by atoms with Gasteiger partial charge < -0.3 is 9.47 Å². The van der Waals surface area contributed by atoms with Crippen LogP contribution in [0.4, 0.5) is 0 Å². The van der Waals surface area contributed by atoms with Gasteiger partial charge in [-0.2, -0.15) is 0 Å². The van der Waals surface area contributed by atoms with Crippen LogP contribution in [0.2, 0.25) is 10.0 Å². The molecular weight excluding hydrogens is 307 g/mol. The highest BCUT2D eigenvalue weighted by atomic mass is 35.5. The molecule has 0 aromatic heterocycles. The summed E-state index contributed by atoms with van der Waals surface area (Å²) >= 11 is 18.9. The number of rotatable bonds is 4. The molecule has 19 heavy (non-hydrogen) atoms. The maximum Gasteiger partial charge on any atom is 0.139 e. The molecule has 3 atom stereocenters. The average molecular weight is 324 g/mol. The van der Waals surface area contributed by atoms with Crippen LogP contribution >= 0.6 is 34.8 Å². The Morgan fingerprint density at radius 2 is 2.05 bits per heavy atom. The zero-order valence-corrected chi connectivity index (χ0v) is 13.2. The lowest BCUT2D eigenvalue weighted by molar-refractivity contribution is 0.0533. The van der Waals surface area contributed by atoms with Crippen LogP contribution in [0.3, 0.4) is 0 Å². The topological polar surface area (TPSA) is 18.5 Å². The summed E-state index contributed by atoms with van der Waals surface area (Å²) in [5.41, 5.74) is 0.802. The van der Waals surface area contributed by atoms with Gasteiger partial charge in [0, 0.05) is 11.1 Å². The van der Waals surface area contributed by atoms with E-state index in [9.17, 15) is 0 Å². The van der Waals surface area contributed by atoms with Gasteiger partial charge >= 0.3 is 0 Å². The van der Waals surface area contributed by atoms with Crippen LogP contribution < -0.4 is 4.74 Å². The Bertz CT molecular complexity index is 451. The van der Waals surface area contributed by atoms with Crippen molar-refractivity contribution in [1.29, 1.82) is 0 Å². The van der Waals surface area contributed by atoms with Gasteiger partial charge in [-0.1, -0.05) is 23.2 Å². The van der Waals surface area contributed by atoms with Crippen molar-refractivity contribution in [2.75, 3.05) is 6.61 Å². The van der Waals surface area contributed by atoms with Gasteiger partial charge in [0.2, 0.25) is 0 Å². The second kappa shape index (κ2) is 6.53. The van der Waals surface area contributed by atoms with E-state index in [0.717, 1.165) is 18.4 Å². The summed E-state index contributed by atoms with van der Waals surface area (Å²) in [4.78, 5) is 0. The molecule has 0 bridgehead atoms. The van der Waals surface area contributed by atoms with Crippen molar-refractivity contribution >= 4 is 34.8 Å². The van der Waals surface area contributed by atoms with Crippen molar-refractivity contribution in [2.24, 2.45) is 0 Å². The van der Waals surface area contributed by atoms with Gasteiger partial charge in [0.25, 0.3) is 0 Å². The number of benzene rings is 1.